The first-order chi connectivity index (χ1) is 18.0. The van der Waals surface area contributed by atoms with Crippen molar-refractivity contribution in [1.29, 1.82) is 0 Å². The van der Waals surface area contributed by atoms with Gasteiger partial charge in [-0.1, -0.05) is 29.8 Å². The van der Waals surface area contributed by atoms with Crippen molar-refractivity contribution >= 4 is 34.8 Å². The summed E-state index contributed by atoms with van der Waals surface area (Å²) in [7, 11) is 0. The van der Waals surface area contributed by atoms with Gasteiger partial charge in [-0.3, -0.25) is 14.6 Å². The Morgan fingerprint density at radius 1 is 0.811 bits per heavy atom. The average Bonchev–Trinajstić information content (AvgIpc) is 3.37. The van der Waals surface area contributed by atoms with Gasteiger partial charge in [0.05, 0.1) is 10.6 Å². The van der Waals surface area contributed by atoms with E-state index in [9.17, 15) is 9.59 Å². The highest BCUT2D eigenvalue weighted by molar-refractivity contribution is 6.34. The van der Waals surface area contributed by atoms with E-state index in [1.54, 1.807) is 17.0 Å². The lowest BCUT2D eigenvalue weighted by molar-refractivity contribution is 0.0515. The van der Waals surface area contributed by atoms with Crippen molar-refractivity contribution < 1.29 is 9.59 Å². The first-order valence-corrected chi connectivity index (χ1v) is 13.5. The summed E-state index contributed by atoms with van der Waals surface area (Å²) in [6.07, 6.45) is 8.91. The van der Waals surface area contributed by atoms with Gasteiger partial charge in [0.2, 0.25) is 0 Å². The number of anilines is 2. The molecule has 0 aliphatic carbocycles. The Morgan fingerprint density at radius 3 is 2.24 bits per heavy atom. The fourth-order valence-corrected chi connectivity index (χ4v) is 6.38. The van der Waals surface area contributed by atoms with Crippen LogP contribution in [-0.2, 0) is 6.42 Å². The fourth-order valence-electron chi connectivity index (χ4n) is 6.16. The van der Waals surface area contributed by atoms with Gasteiger partial charge in [0.1, 0.15) is 0 Å². The molecule has 0 saturated carbocycles. The van der Waals surface area contributed by atoms with Crippen LogP contribution >= 0.6 is 11.6 Å². The van der Waals surface area contributed by atoms with E-state index >= 15 is 0 Å². The van der Waals surface area contributed by atoms with Gasteiger partial charge in [-0.2, -0.15) is 0 Å². The van der Waals surface area contributed by atoms with Crippen LogP contribution in [0.15, 0.2) is 67.0 Å². The van der Waals surface area contributed by atoms with E-state index in [1.807, 2.05) is 47.6 Å². The largest absolute Gasteiger partial charge is 0.371 e. The first-order valence-electron chi connectivity index (χ1n) is 13.2. The van der Waals surface area contributed by atoms with E-state index in [0.717, 1.165) is 69.5 Å². The molecule has 0 N–H and O–H groups in total. The SMILES string of the molecule is O=C(c1ccc2c(c1)N(C(=O)c1ccccc1Cl)CC2)N1CCC2(CC1)CCN(c1ccncc1)CC2. The van der Waals surface area contributed by atoms with Gasteiger partial charge in [0.15, 0.2) is 0 Å². The van der Waals surface area contributed by atoms with Crippen molar-refractivity contribution in [1.82, 2.24) is 9.88 Å². The maximum absolute atomic E-state index is 13.5. The molecule has 7 heteroatoms. The summed E-state index contributed by atoms with van der Waals surface area (Å²) in [5.74, 6) is -0.0594. The Bertz CT molecular complexity index is 1310. The minimum absolute atomic E-state index is 0.0592. The van der Waals surface area contributed by atoms with Gasteiger partial charge in [-0.05, 0) is 79.5 Å². The van der Waals surface area contributed by atoms with Crippen molar-refractivity contribution in [3.05, 3.63) is 88.7 Å². The Morgan fingerprint density at radius 2 is 1.51 bits per heavy atom. The lowest BCUT2D eigenvalue weighted by Crippen LogP contribution is -2.48. The third-order valence-electron chi connectivity index (χ3n) is 8.54. The van der Waals surface area contributed by atoms with Crippen molar-refractivity contribution in [2.75, 3.05) is 42.5 Å². The molecular weight excluding hydrogens is 484 g/mol. The van der Waals surface area contributed by atoms with Crippen LogP contribution in [0.2, 0.25) is 5.02 Å². The Balaban J connectivity index is 1.11. The summed E-state index contributed by atoms with van der Waals surface area (Å²) < 4.78 is 0. The lowest BCUT2D eigenvalue weighted by atomic mass is 9.71. The number of aromatic nitrogens is 1. The van der Waals surface area contributed by atoms with Gasteiger partial charge >= 0.3 is 0 Å². The predicted molar refractivity (Wildman–Crippen MR) is 147 cm³/mol. The molecule has 4 heterocycles. The van der Waals surface area contributed by atoms with E-state index < -0.39 is 0 Å². The van der Waals surface area contributed by atoms with Crippen LogP contribution in [0.25, 0.3) is 0 Å². The van der Waals surface area contributed by atoms with Gasteiger partial charge in [-0.15, -0.1) is 0 Å². The van der Waals surface area contributed by atoms with Crippen LogP contribution in [0.4, 0.5) is 11.4 Å². The predicted octanol–water partition coefficient (Wildman–Crippen LogP) is 5.46. The fraction of sp³-hybridized carbons (Fsp3) is 0.367. The number of benzene rings is 2. The molecule has 2 amide bonds. The summed E-state index contributed by atoms with van der Waals surface area (Å²) in [5, 5.41) is 0.446. The average molecular weight is 515 g/mol. The topological polar surface area (TPSA) is 56.8 Å². The second-order valence-corrected chi connectivity index (χ2v) is 10.9. The maximum Gasteiger partial charge on any atom is 0.259 e. The van der Waals surface area contributed by atoms with Crippen molar-refractivity contribution in [2.24, 2.45) is 5.41 Å². The van der Waals surface area contributed by atoms with Crippen LogP contribution < -0.4 is 9.80 Å². The van der Waals surface area contributed by atoms with Gasteiger partial charge < -0.3 is 14.7 Å². The van der Waals surface area contributed by atoms with Crippen LogP contribution in [0.5, 0.6) is 0 Å². The van der Waals surface area contributed by atoms with E-state index in [2.05, 4.69) is 22.0 Å². The minimum atomic E-state index is -0.119. The molecule has 190 valence electrons. The molecule has 0 atom stereocenters. The molecule has 2 fully saturated rings. The quantitative estimate of drug-likeness (QED) is 0.465. The molecule has 1 spiro atoms. The molecule has 1 aromatic heterocycles. The van der Waals surface area contributed by atoms with Gasteiger partial charge in [0, 0.05) is 62.1 Å². The number of halogens is 1. The zero-order valence-electron chi connectivity index (χ0n) is 20.9. The third-order valence-corrected chi connectivity index (χ3v) is 8.87. The second-order valence-electron chi connectivity index (χ2n) is 10.5. The molecule has 6 rings (SSSR count). The normalized spacial score (nSPS) is 18.7. The number of carbonyl (C=O) groups excluding carboxylic acids is 2. The number of rotatable bonds is 3. The summed E-state index contributed by atoms with van der Waals surface area (Å²) in [5.41, 5.74) is 4.64. The maximum atomic E-state index is 13.5. The number of likely N-dealkylation sites (tertiary alicyclic amines) is 1. The number of hydrogen-bond acceptors (Lipinski definition) is 4. The highest BCUT2D eigenvalue weighted by Crippen LogP contribution is 2.42. The molecule has 0 unspecified atom stereocenters. The molecule has 2 saturated heterocycles. The summed E-state index contributed by atoms with van der Waals surface area (Å²) in [6, 6.07) is 17.1. The number of piperidine rings is 2. The number of hydrogen-bond donors (Lipinski definition) is 0. The van der Waals surface area contributed by atoms with E-state index in [0.29, 0.717) is 28.1 Å². The lowest BCUT2D eigenvalue weighted by Gasteiger charge is -2.47. The standard InChI is InChI=1S/C30H31ClN4O2/c31-26-4-2-1-3-25(26)29(37)35-16-9-22-5-6-23(21-27(22)35)28(36)34-19-12-30(13-20-34)10-17-33(18-11-30)24-7-14-32-15-8-24/h1-8,14-15,21H,9-13,16-20H2. The Kier molecular flexibility index (Phi) is 6.37. The Hall–Kier alpha value is -3.38. The van der Waals surface area contributed by atoms with Gasteiger partial charge in [0.25, 0.3) is 11.8 Å². The van der Waals surface area contributed by atoms with Crippen molar-refractivity contribution in [3.8, 4) is 0 Å². The molecule has 0 radical (unpaired) electrons. The number of carbonyl (C=O) groups is 2. The summed E-state index contributed by atoms with van der Waals surface area (Å²) >= 11 is 6.30. The van der Waals surface area contributed by atoms with E-state index in [4.69, 9.17) is 11.6 Å². The monoisotopic (exact) mass is 514 g/mol. The van der Waals surface area contributed by atoms with E-state index in [-0.39, 0.29) is 11.8 Å². The molecule has 6 nitrogen and oxygen atoms in total. The number of nitrogens with zero attached hydrogens (tertiary/aromatic N) is 4. The van der Waals surface area contributed by atoms with Crippen LogP contribution in [0, 0.1) is 5.41 Å². The highest BCUT2D eigenvalue weighted by Gasteiger charge is 2.39. The summed E-state index contributed by atoms with van der Waals surface area (Å²) in [6.45, 7) is 4.27. The number of fused-ring (bicyclic) bond motifs is 1. The van der Waals surface area contributed by atoms with E-state index in [1.165, 1.54) is 5.69 Å². The van der Waals surface area contributed by atoms with Gasteiger partial charge in [-0.25, -0.2) is 0 Å². The Labute approximate surface area is 222 Å². The van der Waals surface area contributed by atoms with Crippen molar-refractivity contribution in [3.63, 3.8) is 0 Å². The molecule has 3 aliphatic rings. The zero-order chi connectivity index (χ0) is 25.4. The van der Waals surface area contributed by atoms with Crippen molar-refractivity contribution in [2.45, 2.75) is 32.1 Å². The molecule has 37 heavy (non-hydrogen) atoms. The molecule has 0 bridgehead atoms. The molecule has 2 aromatic carbocycles. The molecule has 3 aliphatic heterocycles. The smallest absolute Gasteiger partial charge is 0.259 e. The molecular formula is C30H31ClN4O2. The highest BCUT2D eigenvalue weighted by atomic mass is 35.5. The van der Waals surface area contributed by atoms with Crippen LogP contribution in [0.1, 0.15) is 52.0 Å². The second kappa shape index (κ2) is 9.82. The number of amides is 2. The number of pyridine rings is 1. The minimum Gasteiger partial charge on any atom is -0.371 e. The molecule has 3 aromatic rings. The first kappa shape index (κ1) is 24.0. The third kappa shape index (κ3) is 4.59. The zero-order valence-corrected chi connectivity index (χ0v) is 21.7. The van der Waals surface area contributed by atoms with Crippen LogP contribution in [-0.4, -0.2) is 54.4 Å². The van der Waals surface area contributed by atoms with Crippen LogP contribution in [0.3, 0.4) is 0 Å². The summed E-state index contributed by atoms with van der Waals surface area (Å²) in [4.78, 5) is 37.1.